The van der Waals surface area contributed by atoms with Gasteiger partial charge >= 0.3 is 0 Å². The van der Waals surface area contributed by atoms with Crippen LogP contribution in [-0.4, -0.2) is 21.1 Å². The molecular weight excluding hydrogens is 284 g/mol. The molecule has 3 rings (SSSR count). The zero-order chi connectivity index (χ0) is 14.7. The molecule has 1 atom stereocenters. The van der Waals surface area contributed by atoms with Gasteiger partial charge in [-0.25, -0.2) is 0 Å². The van der Waals surface area contributed by atoms with Crippen molar-refractivity contribution in [2.45, 2.75) is 19.4 Å². The van der Waals surface area contributed by atoms with Gasteiger partial charge in [-0.2, -0.15) is 0 Å². The third-order valence-electron chi connectivity index (χ3n) is 3.54. The highest BCUT2D eigenvalue weighted by molar-refractivity contribution is 6.30. The lowest BCUT2D eigenvalue weighted by atomic mass is 10.0. The van der Waals surface area contributed by atoms with Crippen molar-refractivity contribution < 1.29 is 0 Å². The number of benzene rings is 1. The molecule has 4 nitrogen and oxygen atoms in total. The maximum Gasteiger partial charge on any atom is 0.160 e. The van der Waals surface area contributed by atoms with Gasteiger partial charge in [0.25, 0.3) is 0 Å². The molecule has 1 N–H and O–H groups in total. The second-order valence-electron chi connectivity index (χ2n) is 5.13. The van der Waals surface area contributed by atoms with E-state index in [2.05, 4.69) is 28.5 Å². The van der Waals surface area contributed by atoms with Crippen molar-refractivity contribution in [1.82, 2.24) is 19.9 Å². The maximum atomic E-state index is 6.03. The van der Waals surface area contributed by atoms with Gasteiger partial charge < -0.3 is 5.32 Å². The molecule has 0 unspecified atom stereocenters. The van der Waals surface area contributed by atoms with Crippen molar-refractivity contribution in [3.05, 3.63) is 65.1 Å². The standard InChI is InChI=1S/C16H17ClN4/c1-12(13-5-4-6-14(17)9-13)10-18-11-16-20-19-15-7-2-3-8-21(15)16/h2-9,12,18H,10-11H2,1H3/t12-/m0/s1. The number of nitrogens with zero attached hydrogens (tertiary/aromatic N) is 3. The normalized spacial score (nSPS) is 12.7. The number of fused-ring (bicyclic) bond motifs is 1. The Morgan fingerprint density at radius 3 is 2.95 bits per heavy atom. The van der Waals surface area contributed by atoms with Crippen LogP contribution in [0.15, 0.2) is 48.7 Å². The summed E-state index contributed by atoms with van der Waals surface area (Å²) in [4.78, 5) is 0. The molecule has 0 aliphatic rings. The highest BCUT2D eigenvalue weighted by atomic mass is 35.5. The second-order valence-corrected chi connectivity index (χ2v) is 5.57. The number of aromatic nitrogens is 3. The van der Waals surface area contributed by atoms with Gasteiger partial charge in [0.05, 0.1) is 6.54 Å². The molecule has 0 bridgehead atoms. The fourth-order valence-electron chi connectivity index (χ4n) is 2.34. The van der Waals surface area contributed by atoms with E-state index < -0.39 is 0 Å². The molecule has 0 spiro atoms. The van der Waals surface area contributed by atoms with E-state index in [0.29, 0.717) is 12.5 Å². The van der Waals surface area contributed by atoms with Gasteiger partial charge in [-0.1, -0.05) is 36.7 Å². The molecule has 108 valence electrons. The quantitative estimate of drug-likeness (QED) is 0.786. The van der Waals surface area contributed by atoms with E-state index >= 15 is 0 Å². The van der Waals surface area contributed by atoms with E-state index in [4.69, 9.17) is 11.6 Å². The van der Waals surface area contributed by atoms with Crippen molar-refractivity contribution >= 4 is 17.2 Å². The van der Waals surface area contributed by atoms with Gasteiger partial charge in [0.1, 0.15) is 0 Å². The summed E-state index contributed by atoms with van der Waals surface area (Å²) in [7, 11) is 0. The molecule has 2 heterocycles. The zero-order valence-corrected chi connectivity index (χ0v) is 12.6. The Bertz CT molecular complexity index is 738. The Balaban J connectivity index is 1.61. The molecule has 2 aromatic heterocycles. The molecule has 0 saturated heterocycles. The van der Waals surface area contributed by atoms with E-state index in [1.165, 1.54) is 5.56 Å². The van der Waals surface area contributed by atoms with Crippen molar-refractivity contribution in [2.24, 2.45) is 0 Å². The van der Waals surface area contributed by atoms with Crippen LogP contribution in [0, 0.1) is 0 Å². The minimum absolute atomic E-state index is 0.392. The largest absolute Gasteiger partial charge is 0.309 e. The topological polar surface area (TPSA) is 42.2 Å². The average Bonchev–Trinajstić information content (AvgIpc) is 2.91. The lowest BCUT2D eigenvalue weighted by molar-refractivity contribution is 0.596. The van der Waals surface area contributed by atoms with Crippen molar-refractivity contribution in [1.29, 1.82) is 0 Å². The van der Waals surface area contributed by atoms with Crippen LogP contribution in [0.1, 0.15) is 24.2 Å². The van der Waals surface area contributed by atoms with E-state index in [1.807, 2.05) is 47.0 Å². The van der Waals surface area contributed by atoms with Gasteiger partial charge in [-0.05, 0) is 35.7 Å². The third kappa shape index (κ3) is 3.23. The van der Waals surface area contributed by atoms with Crippen LogP contribution in [0.3, 0.4) is 0 Å². The Hall–Kier alpha value is -1.91. The SMILES string of the molecule is C[C@@H](CNCc1nnc2ccccn12)c1cccc(Cl)c1. The second kappa shape index (κ2) is 6.24. The highest BCUT2D eigenvalue weighted by Crippen LogP contribution is 2.18. The van der Waals surface area contributed by atoms with Crippen molar-refractivity contribution in [2.75, 3.05) is 6.54 Å². The lowest BCUT2D eigenvalue weighted by Gasteiger charge is -2.13. The van der Waals surface area contributed by atoms with Crippen LogP contribution < -0.4 is 5.32 Å². The van der Waals surface area contributed by atoms with Crippen molar-refractivity contribution in [3.63, 3.8) is 0 Å². The van der Waals surface area contributed by atoms with Crippen LogP contribution in [0.4, 0.5) is 0 Å². The summed E-state index contributed by atoms with van der Waals surface area (Å²) in [5.74, 6) is 1.31. The first-order valence-corrected chi connectivity index (χ1v) is 7.36. The van der Waals surface area contributed by atoms with Gasteiger partial charge in [0.15, 0.2) is 11.5 Å². The number of rotatable bonds is 5. The molecular formula is C16H17ClN4. The molecule has 3 aromatic rings. The number of nitrogens with one attached hydrogen (secondary N) is 1. The Morgan fingerprint density at radius 2 is 2.10 bits per heavy atom. The van der Waals surface area contributed by atoms with Gasteiger partial charge in [-0.15, -0.1) is 10.2 Å². The minimum Gasteiger partial charge on any atom is -0.309 e. The lowest BCUT2D eigenvalue weighted by Crippen LogP contribution is -2.21. The Morgan fingerprint density at radius 1 is 1.19 bits per heavy atom. The van der Waals surface area contributed by atoms with E-state index in [-0.39, 0.29) is 0 Å². The van der Waals surface area contributed by atoms with Gasteiger partial charge in [-0.3, -0.25) is 4.40 Å². The molecule has 0 amide bonds. The first-order valence-electron chi connectivity index (χ1n) is 6.99. The monoisotopic (exact) mass is 300 g/mol. The van der Waals surface area contributed by atoms with Gasteiger partial charge in [0.2, 0.25) is 0 Å². The molecule has 1 aromatic carbocycles. The summed E-state index contributed by atoms with van der Waals surface area (Å²) in [5, 5.41) is 12.6. The van der Waals surface area contributed by atoms with Crippen LogP contribution in [0.25, 0.3) is 5.65 Å². The van der Waals surface area contributed by atoms with E-state index in [9.17, 15) is 0 Å². The maximum absolute atomic E-state index is 6.03. The summed E-state index contributed by atoms with van der Waals surface area (Å²) in [6.45, 7) is 3.73. The van der Waals surface area contributed by atoms with Crippen LogP contribution >= 0.6 is 11.6 Å². The molecule has 0 saturated carbocycles. The molecule has 21 heavy (non-hydrogen) atoms. The first kappa shape index (κ1) is 14.0. The predicted octanol–water partition coefficient (Wildman–Crippen LogP) is 3.28. The number of hydrogen-bond donors (Lipinski definition) is 1. The van der Waals surface area contributed by atoms with Gasteiger partial charge in [0, 0.05) is 17.8 Å². The summed E-state index contributed by atoms with van der Waals surface area (Å²) in [6.07, 6.45) is 1.98. The summed E-state index contributed by atoms with van der Waals surface area (Å²) in [5.41, 5.74) is 2.11. The minimum atomic E-state index is 0.392. The summed E-state index contributed by atoms with van der Waals surface area (Å²) >= 11 is 6.03. The highest BCUT2D eigenvalue weighted by Gasteiger charge is 2.08. The summed E-state index contributed by atoms with van der Waals surface area (Å²) < 4.78 is 2.00. The smallest absolute Gasteiger partial charge is 0.160 e. The summed E-state index contributed by atoms with van der Waals surface area (Å²) in [6, 6.07) is 13.9. The first-order chi connectivity index (χ1) is 10.2. The number of halogens is 1. The number of hydrogen-bond acceptors (Lipinski definition) is 3. The van der Waals surface area contributed by atoms with Crippen LogP contribution in [-0.2, 0) is 6.54 Å². The van der Waals surface area contributed by atoms with E-state index in [1.54, 1.807) is 0 Å². The molecule has 0 aliphatic carbocycles. The average molecular weight is 301 g/mol. The molecule has 0 radical (unpaired) electrons. The van der Waals surface area contributed by atoms with E-state index in [0.717, 1.165) is 23.0 Å². The number of pyridine rings is 1. The zero-order valence-electron chi connectivity index (χ0n) is 11.8. The Labute approximate surface area is 128 Å². The fourth-order valence-corrected chi connectivity index (χ4v) is 2.54. The molecule has 0 fully saturated rings. The third-order valence-corrected chi connectivity index (χ3v) is 3.77. The van der Waals surface area contributed by atoms with Crippen molar-refractivity contribution in [3.8, 4) is 0 Å². The predicted molar refractivity (Wildman–Crippen MR) is 84.6 cm³/mol. The fraction of sp³-hybridized carbons (Fsp3) is 0.250. The Kier molecular flexibility index (Phi) is 4.18. The van der Waals surface area contributed by atoms with Crippen LogP contribution in [0.2, 0.25) is 5.02 Å². The molecule has 0 aliphatic heterocycles. The molecule has 5 heteroatoms. The van der Waals surface area contributed by atoms with Crippen LogP contribution in [0.5, 0.6) is 0 Å².